The number of phenols is 1. The van der Waals surface area contributed by atoms with Gasteiger partial charge in [-0.2, -0.15) is 0 Å². The zero-order chi connectivity index (χ0) is 20.1. The number of phenolic OH excluding ortho intramolecular Hbond substituents is 1. The molecular weight excluding hydrogens is 376 g/mol. The number of ether oxygens (including phenoxy) is 5. The van der Waals surface area contributed by atoms with E-state index in [0.29, 0.717) is 50.5 Å². The van der Waals surface area contributed by atoms with E-state index in [-0.39, 0.29) is 25.9 Å². The second kappa shape index (κ2) is 6.48. The SMILES string of the molecule is CC.O=C1OCc2c1c(-c1ccc3c(c1)OCO3)c1cc3c(cc1c2O)OCO3. The molecule has 0 aliphatic carbocycles. The predicted molar refractivity (Wildman–Crippen MR) is 104 cm³/mol. The number of hydrogen-bond donors (Lipinski definition) is 1. The Kier molecular flexibility index (Phi) is 3.91. The maximum Gasteiger partial charge on any atom is 0.339 e. The number of aromatic hydroxyl groups is 1. The van der Waals surface area contributed by atoms with Crippen LogP contribution < -0.4 is 18.9 Å². The van der Waals surface area contributed by atoms with Crippen LogP contribution in [0.1, 0.15) is 29.8 Å². The second-order valence-electron chi connectivity index (χ2n) is 6.47. The molecule has 3 aromatic carbocycles. The number of benzene rings is 3. The summed E-state index contributed by atoms with van der Waals surface area (Å²) in [6, 6.07) is 8.99. The van der Waals surface area contributed by atoms with Gasteiger partial charge < -0.3 is 28.8 Å². The standard InChI is InChI=1S/C20H12O7.C2H6/c21-19-11-5-16-15(26-8-27-16)4-10(11)17(18-12(19)6-23-20(18)22)9-1-2-13-14(3-9)25-7-24-13;1-2/h1-5,21H,6-8H2;1-2H3. The van der Waals surface area contributed by atoms with Gasteiger partial charge in [-0.05, 0) is 35.2 Å². The lowest BCUT2D eigenvalue weighted by molar-refractivity contribution is 0.0535. The van der Waals surface area contributed by atoms with Gasteiger partial charge in [-0.15, -0.1) is 0 Å². The van der Waals surface area contributed by atoms with Gasteiger partial charge in [-0.25, -0.2) is 4.79 Å². The smallest absolute Gasteiger partial charge is 0.339 e. The fraction of sp³-hybridized carbons (Fsp3) is 0.227. The number of cyclic esters (lactones) is 1. The summed E-state index contributed by atoms with van der Waals surface area (Å²) in [5.41, 5.74) is 2.26. The van der Waals surface area contributed by atoms with Gasteiger partial charge in [-0.3, -0.25) is 0 Å². The Morgan fingerprint density at radius 2 is 1.38 bits per heavy atom. The Balaban J connectivity index is 0.000000882. The van der Waals surface area contributed by atoms with Crippen molar-refractivity contribution in [3.8, 4) is 39.9 Å². The molecule has 3 aliphatic heterocycles. The highest BCUT2D eigenvalue weighted by atomic mass is 16.7. The topological polar surface area (TPSA) is 83.5 Å². The van der Waals surface area contributed by atoms with Crippen molar-refractivity contribution in [2.75, 3.05) is 13.6 Å². The Labute approximate surface area is 166 Å². The van der Waals surface area contributed by atoms with E-state index >= 15 is 0 Å². The van der Waals surface area contributed by atoms with E-state index in [9.17, 15) is 9.90 Å². The predicted octanol–water partition coefficient (Wildman–Crippen LogP) is 4.37. The molecule has 6 rings (SSSR count). The third kappa shape index (κ3) is 2.47. The fourth-order valence-corrected chi connectivity index (χ4v) is 3.84. The highest BCUT2D eigenvalue weighted by molar-refractivity contribution is 6.13. The van der Waals surface area contributed by atoms with Crippen molar-refractivity contribution in [1.29, 1.82) is 0 Å². The lowest BCUT2D eigenvalue weighted by Crippen LogP contribution is -1.99. The van der Waals surface area contributed by atoms with Gasteiger partial charge in [0.05, 0.1) is 5.56 Å². The van der Waals surface area contributed by atoms with Crippen LogP contribution >= 0.6 is 0 Å². The number of carbonyl (C=O) groups excluding carboxylic acids is 1. The van der Waals surface area contributed by atoms with Crippen molar-refractivity contribution in [2.24, 2.45) is 0 Å². The number of carbonyl (C=O) groups is 1. The maximum atomic E-state index is 12.5. The molecule has 148 valence electrons. The Bertz CT molecular complexity index is 1170. The summed E-state index contributed by atoms with van der Waals surface area (Å²) in [5.74, 6) is 1.93. The molecule has 7 nitrogen and oxygen atoms in total. The fourth-order valence-electron chi connectivity index (χ4n) is 3.84. The molecule has 1 N–H and O–H groups in total. The first-order valence-corrected chi connectivity index (χ1v) is 9.39. The molecule has 3 aliphatic rings. The monoisotopic (exact) mass is 394 g/mol. The molecule has 7 heteroatoms. The van der Waals surface area contributed by atoms with Crippen LogP contribution in [0.2, 0.25) is 0 Å². The van der Waals surface area contributed by atoms with Crippen LogP contribution in [0.15, 0.2) is 30.3 Å². The van der Waals surface area contributed by atoms with E-state index in [2.05, 4.69) is 0 Å². The van der Waals surface area contributed by atoms with E-state index in [1.807, 2.05) is 26.0 Å². The van der Waals surface area contributed by atoms with Gasteiger partial charge in [0, 0.05) is 16.5 Å². The summed E-state index contributed by atoms with van der Waals surface area (Å²) < 4.78 is 27.0. The number of hydrogen-bond acceptors (Lipinski definition) is 7. The molecule has 0 saturated carbocycles. The van der Waals surface area contributed by atoms with Crippen LogP contribution in [0.4, 0.5) is 0 Å². The van der Waals surface area contributed by atoms with Crippen molar-refractivity contribution >= 4 is 16.7 Å². The van der Waals surface area contributed by atoms with Crippen LogP contribution in [0.25, 0.3) is 21.9 Å². The third-order valence-corrected chi connectivity index (χ3v) is 5.09. The largest absolute Gasteiger partial charge is 0.507 e. The van der Waals surface area contributed by atoms with Crippen LogP contribution in [-0.2, 0) is 11.3 Å². The Morgan fingerprint density at radius 1 is 0.759 bits per heavy atom. The average molecular weight is 394 g/mol. The zero-order valence-corrected chi connectivity index (χ0v) is 15.9. The first-order chi connectivity index (χ1) is 14.2. The van der Waals surface area contributed by atoms with Crippen molar-refractivity contribution in [3.63, 3.8) is 0 Å². The van der Waals surface area contributed by atoms with Crippen molar-refractivity contribution in [1.82, 2.24) is 0 Å². The molecule has 0 atom stereocenters. The Hall–Kier alpha value is -3.61. The molecule has 29 heavy (non-hydrogen) atoms. The lowest BCUT2D eigenvalue weighted by atomic mass is 9.89. The summed E-state index contributed by atoms with van der Waals surface area (Å²) in [4.78, 5) is 12.5. The average Bonchev–Trinajstić information content (AvgIpc) is 3.48. The van der Waals surface area contributed by atoms with Crippen LogP contribution in [0, 0.1) is 0 Å². The maximum absolute atomic E-state index is 12.5. The third-order valence-electron chi connectivity index (χ3n) is 5.09. The molecule has 0 bridgehead atoms. The minimum absolute atomic E-state index is 0.0219. The molecule has 3 aromatic rings. The van der Waals surface area contributed by atoms with Crippen LogP contribution in [0.3, 0.4) is 0 Å². The molecular formula is C22H18O7. The number of fused-ring (bicyclic) bond motifs is 4. The van der Waals surface area contributed by atoms with Gasteiger partial charge >= 0.3 is 5.97 Å². The molecule has 0 aromatic heterocycles. The van der Waals surface area contributed by atoms with Crippen molar-refractivity contribution < 1.29 is 33.6 Å². The Morgan fingerprint density at radius 3 is 2.10 bits per heavy atom. The van der Waals surface area contributed by atoms with Gasteiger partial charge in [0.2, 0.25) is 13.6 Å². The second-order valence-corrected chi connectivity index (χ2v) is 6.47. The van der Waals surface area contributed by atoms with Gasteiger partial charge in [0.1, 0.15) is 12.4 Å². The van der Waals surface area contributed by atoms with Crippen molar-refractivity contribution in [3.05, 3.63) is 41.5 Å². The number of rotatable bonds is 1. The highest BCUT2D eigenvalue weighted by Gasteiger charge is 2.33. The van der Waals surface area contributed by atoms with Gasteiger partial charge in [-0.1, -0.05) is 19.9 Å². The quantitative estimate of drug-likeness (QED) is 0.614. The first-order valence-electron chi connectivity index (χ1n) is 9.39. The molecule has 0 saturated heterocycles. The van der Waals surface area contributed by atoms with E-state index in [4.69, 9.17) is 23.7 Å². The summed E-state index contributed by atoms with van der Waals surface area (Å²) in [7, 11) is 0. The summed E-state index contributed by atoms with van der Waals surface area (Å²) in [6.07, 6.45) is 0. The van der Waals surface area contributed by atoms with E-state index < -0.39 is 5.97 Å². The molecule has 0 spiro atoms. The van der Waals surface area contributed by atoms with Gasteiger partial charge in [0.15, 0.2) is 23.0 Å². The van der Waals surface area contributed by atoms with Crippen molar-refractivity contribution in [2.45, 2.75) is 20.5 Å². The van der Waals surface area contributed by atoms with E-state index in [1.165, 1.54) is 0 Å². The zero-order valence-electron chi connectivity index (χ0n) is 15.9. The normalized spacial score (nSPS) is 15.0. The van der Waals surface area contributed by atoms with Gasteiger partial charge in [0.25, 0.3) is 0 Å². The van der Waals surface area contributed by atoms with Crippen LogP contribution in [-0.4, -0.2) is 24.7 Å². The molecule has 0 fully saturated rings. The summed E-state index contributed by atoms with van der Waals surface area (Å²) in [6.45, 7) is 4.31. The minimum Gasteiger partial charge on any atom is -0.507 e. The minimum atomic E-state index is -0.465. The summed E-state index contributed by atoms with van der Waals surface area (Å²) >= 11 is 0. The van der Waals surface area contributed by atoms with E-state index in [0.717, 1.165) is 5.56 Å². The van der Waals surface area contributed by atoms with E-state index in [1.54, 1.807) is 18.2 Å². The van der Waals surface area contributed by atoms with Crippen LogP contribution in [0.5, 0.6) is 28.7 Å². The molecule has 0 amide bonds. The molecule has 0 unspecified atom stereocenters. The first kappa shape index (κ1) is 17.5. The number of esters is 1. The molecule has 0 radical (unpaired) electrons. The lowest BCUT2D eigenvalue weighted by Gasteiger charge is -2.14. The highest BCUT2D eigenvalue weighted by Crippen LogP contribution is 2.49. The summed E-state index contributed by atoms with van der Waals surface area (Å²) in [5, 5.41) is 12.0. The molecule has 3 heterocycles.